The molecule has 0 radical (unpaired) electrons. The number of hydrogen-bond donors (Lipinski definition) is 1. The predicted molar refractivity (Wildman–Crippen MR) is 88.0 cm³/mol. The standard InChI is InChI=1S/C19H23NO/c1-14-7-6-8-15(2)18(14)13-19(21)17-10-5-4-9-16(17)11-12-20-3/h4-10,20H,11-13H2,1-3H3. The number of likely N-dealkylation sites (N-methyl/N-ethyl adjacent to an activating group) is 1. The summed E-state index contributed by atoms with van der Waals surface area (Å²) < 4.78 is 0. The largest absolute Gasteiger partial charge is 0.319 e. The molecule has 1 N–H and O–H groups in total. The maximum Gasteiger partial charge on any atom is 0.167 e. The van der Waals surface area contributed by atoms with Gasteiger partial charge in [-0.1, -0.05) is 42.5 Å². The molecule has 2 aromatic rings. The predicted octanol–water partition coefficient (Wildman–Crippen LogP) is 3.49. The van der Waals surface area contributed by atoms with Crippen LogP contribution in [0.25, 0.3) is 0 Å². The summed E-state index contributed by atoms with van der Waals surface area (Å²) in [6.07, 6.45) is 1.36. The molecule has 0 heterocycles. The molecule has 2 heteroatoms. The summed E-state index contributed by atoms with van der Waals surface area (Å²) in [6, 6.07) is 14.1. The van der Waals surface area contributed by atoms with Gasteiger partial charge in [-0.05, 0) is 56.1 Å². The quantitative estimate of drug-likeness (QED) is 0.821. The normalized spacial score (nSPS) is 10.6. The third-order valence-electron chi connectivity index (χ3n) is 3.94. The first kappa shape index (κ1) is 15.5. The first-order valence-electron chi connectivity index (χ1n) is 7.44. The van der Waals surface area contributed by atoms with E-state index in [1.807, 2.05) is 31.3 Å². The van der Waals surface area contributed by atoms with E-state index in [2.05, 4.69) is 37.4 Å². The minimum atomic E-state index is 0.208. The van der Waals surface area contributed by atoms with E-state index in [-0.39, 0.29) is 5.78 Å². The molecule has 0 fully saturated rings. The number of benzene rings is 2. The van der Waals surface area contributed by atoms with Gasteiger partial charge in [-0.15, -0.1) is 0 Å². The zero-order chi connectivity index (χ0) is 15.2. The van der Waals surface area contributed by atoms with Crippen LogP contribution >= 0.6 is 0 Å². The first-order chi connectivity index (χ1) is 10.1. The van der Waals surface area contributed by atoms with Gasteiger partial charge in [0.2, 0.25) is 0 Å². The second-order valence-electron chi connectivity index (χ2n) is 5.48. The Kier molecular flexibility index (Phi) is 5.29. The lowest BCUT2D eigenvalue weighted by molar-refractivity contribution is 0.0991. The summed E-state index contributed by atoms with van der Waals surface area (Å²) in [4.78, 5) is 12.7. The minimum absolute atomic E-state index is 0.208. The zero-order valence-corrected chi connectivity index (χ0v) is 13.1. The number of hydrogen-bond acceptors (Lipinski definition) is 2. The van der Waals surface area contributed by atoms with Crippen LogP contribution in [-0.2, 0) is 12.8 Å². The Morgan fingerprint density at radius 1 is 1.00 bits per heavy atom. The number of nitrogens with one attached hydrogen (secondary N) is 1. The smallest absolute Gasteiger partial charge is 0.167 e. The fraction of sp³-hybridized carbons (Fsp3) is 0.316. The SMILES string of the molecule is CNCCc1ccccc1C(=O)Cc1c(C)cccc1C. The van der Waals surface area contributed by atoms with Crippen LogP contribution in [0.3, 0.4) is 0 Å². The summed E-state index contributed by atoms with van der Waals surface area (Å²) in [7, 11) is 1.93. The average Bonchev–Trinajstić information content (AvgIpc) is 2.49. The topological polar surface area (TPSA) is 29.1 Å². The van der Waals surface area contributed by atoms with Crippen molar-refractivity contribution in [2.24, 2.45) is 0 Å². The van der Waals surface area contributed by atoms with E-state index in [1.54, 1.807) is 0 Å². The Morgan fingerprint density at radius 3 is 2.33 bits per heavy atom. The fourth-order valence-corrected chi connectivity index (χ4v) is 2.65. The highest BCUT2D eigenvalue weighted by Crippen LogP contribution is 2.18. The van der Waals surface area contributed by atoms with Crippen molar-refractivity contribution in [2.75, 3.05) is 13.6 Å². The highest BCUT2D eigenvalue weighted by Gasteiger charge is 2.13. The summed E-state index contributed by atoms with van der Waals surface area (Å²) >= 11 is 0. The highest BCUT2D eigenvalue weighted by molar-refractivity contribution is 5.99. The average molecular weight is 281 g/mol. The third-order valence-corrected chi connectivity index (χ3v) is 3.94. The summed E-state index contributed by atoms with van der Waals surface area (Å²) in [5.41, 5.74) is 5.52. The van der Waals surface area contributed by atoms with Crippen molar-refractivity contribution < 1.29 is 4.79 Å². The third kappa shape index (κ3) is 3.79. The van der Waals surface area contributed by atoms with Crippen molar-refractivity contribution in [3.63, 3.8) is 0 Å². The number of carbonyl (C=O) groups is 1. The van der Waals surface area contributed by atoms with Crippen molar-refractivity contribution in [1.82, 2.24) is 5.32 Å². The molecule has 21 heavy (non-hydrogen) atoms. The first-order valence-corrected chi connectivity index (χ1v) is 7.44. The van der Waals surface area contributed by atoms with Gasteiger partial charge in [-0.3, -0.25) is 4.79 Å². The van der Waals surface area contributed by atoms with Crippen LogP contribution in [0, 0.1) is 13.8 Å². The summed E-state index contributed by atoms with van der Waals surface area (Å²) in [5, 5.41) is 3.14. The fourth-order valence-electron chi connectivity index (χ4n) is 2.65. The van der Waals surface area contributed by atoms with Gasteiger partial charge >= 0.3 is 0 Å². The number of aryl methyl sites for hydroxylation is 2. The van der Waals surface area contributed by atoms with Crippen LogP contribution in [0.1, 0.15) is 32.6 Å². The number of rotatable bonds is 6. The van der Waals surface area contributed by atoms with Crippen LogP contribution in [-0.4, -0.2) is 19.4 Å². The molecule has 0 aliphatic carbocycles. The summed E-state index contributed by atoms with van der Waals surface area (Å²) in [5.74, 6) is 0.208. The van der Waals surface area contributed by atoms with E-state index in [4.69, 9.17) is 0 Å². The maximum absolute atomic E-state index is 12.7. The Labute approximate surface area is 127 Å². The number of Topliss-reactive ketones (excluding diaryl/α,β-unsaturated/α-hetero) is 1. The van der Waals surface area contributed by atoms with Gasteiger partial charge in [0.25, 0.3) is 0 Å². The Bertz CT molecular complexity index is 611. The molecule has 0 saturated heterocycles. The zero-order valence-electron chi connectivity index (χ0n) is 13.1. The summed E-state index contributed by atoms with van der Waals surface area (Å²) in [6.45, 7) is 5.03. The molecular weight excluding hydrogens is 258 g/mol. The van der Waals surface area contributed by atoms with Crippen molar-refractivity contribution in [2.45, 2.75) is 26.7 Å². The van der Waals surface area contributed by atoms with Gasteiger partial charge < -0.3 is 5.32 Å². The second-order valence-corrected chi connectivity index (χ2v) is 5.48. The van der Waals surface area contributed by atoms with E-state index in [0.717, 1.165) is 29.7 Å². The molecular formula is C19H23NO. The van der Waals surface area contributed by atoms with Crippen LogP contribution in [0.4, 0.5) is 0 Å². The second kappa shape index (κ2) is 7.19. The van der Waals surface area contributed by atoms with Crippen molar-refractivity contribution in [3.8, 4) is 0 Å². The molecule has 2 nitrogen and oxygen atoms in total. The van der Waals surface area contributed by atoms with Crippen molar-refractivity contribution in [1.29, 1.82) is 0 Å². The van der Waals surface area contributed by atoms with E-state index < -0.39 is 0 Å². The monoisotopic (exact) mass is 281 g/mol. The van der Waals surface area contributed by atoms with Gasteiger partial charge in [0.1, 0.15) is 0 Å². The van der Waals surface area contributed by atoms with Crippen LogP contribution in [0.5, 0.6) is 0 Å². The van der Waals surface area contributed by atoms with E-state index in [9.17, 15) is 4.79 Å². The van der Waals surface area contributed by atoms with Gasteiger partial charge in [-0.25, -0.2) is 0 Å². The lowest BCUT2D eigenvalue weighted by atomic mass is 9.93. The lowest BCUT2D eigenvalue weighted by Gasteiger charge is -2.12. The van der Waals surface area contributed by atoms with Crippen LogP contribution in [0.15, 0.2) is 42.5 Å². The van der Waals surface area contributed by atoms with Crippen molar-refractivity contribution >= 4 is 5.78 Å². The van der Waals surface area contributed by atoms with Gasteiger partial charge in [0, 0.05) is 12.0 Å². The molecule has 0 aliphatic heterocycles. The van der Waals surface area contributed by atoms with Crippen LogP contribution < -0.4 is 5.32 Å². The molecule has 0 amide bonds. The molecule has 0 spiro atoms. The molecule has 2 aromatic carbocycles. The molecule has 0 atom stereocenters. The molecule has 2 rings (SSSR count). The van der Waals surface area contributed by atoms with Crippen molar-refractivity contribution in [3.05, 3.63) is 70.3 Å². The molecule has 0 unspecified atom stereocenters. The Hall–Kier alpha value is -1.93. The Morgan fingerprint density at radius 2 is 1.67 bits per heavy atom. The lowest BCUT2D eigenvalue weighted by Crippen LogP contribution is -2.14. The Balaban J connectivity index is 2.25. The highest BCUT2D eigenvalue weighted by atomic mass is 16.1. The molecule has 0 aliphatic rings. The van der Waals surface area contributed by atoms with E-state index in [1.165, 1.54) is 11.1 Å². The molecule has 0 aromatic heterocycles. The number of carbonyl (C=O) groups excluding carboxylic acids is 1. The van der Waals surface area contributed by atoms with Gasteiger partial charge in [-0.2, -0.15) is 0 Å². The molecule has 110 valence electrons. The van der Waals surface area contributed by atoms with E-state index in [0.29, 0.717) is 6.42 Å². The molecule has 0 saturated carbocycles. The van der Waals surface area contributed by atoms with E-state index >= 15 is 0 Å². The van der Waals surface area contributed by atoms with Gasteiger partial charge in [0.05, 0.1) is 0 Å². The number of ketones is 1. The van der Waals surface area contributed by atoms with Gasteiger partial charge in [0.15, 0.2) is 5.78 Å². The maximum atomic E-state index is 12.7. The molecule has 0 bridgehead atoms. The minimum Gasteiger partial charge on any atom is -0.319 e. The van der Waals surface area contributed by atoms with Crippen LogP contribution in [0.2, 0.25) is 0 Å².